The molecule has 2 aromatic carbocycles. The second-order valence-corrected chi connectivity index (χ2v) is 8.54. The van der Waals surface area contributed by atoms with Gasteiger partial charge in [-0.3, -0.25) is 19.7 Å². The van der Waals surface area contributed by atoms with Crippen molar-refractivity contribution in [1.29, 1.82) is 0 Å². The van der Waals surface area contributed by atoms with Crippen molar-refractivity contribution in [3.05, 3.63) is 93.3 Å². The van der Waals surface area contributed by atoms with Crippen LogP contribution in [0.4, 0.5) is 5.69 Å². The van der Waals surface area contributed by atoms with Gasteiger partial charge in [0.25, 0.3) is 17.4 Å². The van der Waals surface area contributed by atoms with Gasteiger partial charge in [0.2, 0.25) is 0 Å². The number of carbonyl (C=O) groups excluding carboxylic acids is 2. The summed E-state index contributed by atoms with van der Waals surface area (Å²) in [6, 6.07) is 14.1. The van der Waals surface area contributed by atoms with E-state index in [1.165, 1.54) is 35.4 Å². The maximum atomic E-state index is 13.2. The number of aromatic nitrogens is 2. The number of Topliss-reactive ketones (excluding diaryl/α,β-unsaturated/α-hetero) is 1. The van der Waals surface area contributed by atoms with Crippen LogP contribution in [0.2, 0.25) is 0 Å². The number of amides is 1. The molecule has 0 spiro atoms. The number of likely N-dealkylation sites (N-methyl/N-ethyl adjacent to an activating group) is 1. The SMILES string of the molecule is Cc1c(C(O)=C2C(=O)C(=O)N(CCN(C)C)[C@H]2c2ccc([N+](=O)[O-])cc2)cnn1-c1ccccc1. The number of nitro benzene ring substituents is 1. The van der Waals surface area contributed by atoms with Gasteiger partial charge in [-0.15, -0.1) is 0 Å². The Morgan fingerprint density at radius 3 is 2.37 bits per heavy atom. The average Bonchev–Trinajstić information content (AvgIpc) is 3.35. The van der Waals surface area contributed by atoms with Crippen LogP contribution in [-0.4, -0.2) is 68.5 Å². The first-order chi connectivity index (χ1) is 16.7. The van der Waals surface area contributed by atoms with Gasteiger partial charge in [-0.25, -0.2) is 4.68 Å². The van der Waals surface area contributed by atoms with Crippen LogP contribution in [0.1, 0.15) is 22.9 Å². The number of aliphatic hydroxyl groups is 1. The number of rotatable bonds is 7. The summed E-state index contributed by atoms with van der Waals surface area (Å²) < 4.78 is 1.64. The molecule has 3 aromatic rings. The van der Waals surface area contributed by atoms with Gasteiger partial charge in [-0.1, -0.05) is 18.2 Å². The van der Waals surface area contributed by atoms with Gasteiger partial charge in [0, 0.05) is 25.2 Å². The normalized spacial score (nSPS) is 17.4. The number of hydrogen-bond acceptors (Lipinski definition) is 7. The van der Waals surface area contributed by atoms with E-state index in [2.05, 4.69) is 5.10 Å². The van der Waals surface area contributed by atoms with Gasteiger partial charge in [-0.2, -0.15) is 5.10 Å². The molecule has 2 heterocycles. The molecule has 35 heavy (non-hydrogen) atoms. The van der Waals surface area contributed by atoms with E-state index >= 15 is 0 Å². The van der Waals surface area contributed by atoms with Crippen LogP contribution >= 0.6 is 0 Å². The van der Waals surface area contributed by atoms with Crippen molar-refractivity contribution in [2.75, 3.05) is 27.2 Å². The number of likely N-dealkylation sites (tertiary alicyclic amines) is 1. The number of ketones is 1. The number of hydrogen-bond donors (Lipinski definition) is 1. The molecule has 1 aliphatic heterocycles. The fourth-order valence-corrected chi connectivity index (χ4v) is 4.16. The smallest absolute Gasteiger partial charge is 0.295 e. The van der Waals surface area contributed by atoms with E-state index in [9.17, 15) is 24.8 Å². The number of benzene rings is 2. The lowest BCUT2D eigenvalue weighted by atomic mass is 9.95. The Morgan fingerprint density at radius 1 is 1.11 bits per heavy atom. The van der Waals surface area contributed by atoms with Crippen LogP contribution in [0, 0.1) is 17.0 Å². The summed E-state index contributed by atoms with van der Waals surface area (Å²) in [5.41, 5.74) is 2.00. The van der Waals surface area contributed by atoms with Gasteiger partial charge in [0.1, 0.15) is 5.76 Å². The van der Waals surface area contributed by atoms with Crippen molar-refractivity contribution in [1.82, 2.24) is 19.6 Å². The van der Waals surface area contributed by atoms with Crippen LogP contribution in [0.5, 0.6) is 0 Å². The van der Waals surface area contributed by atoms with Gasteiger partial charge in [-0.05, 0) is 50.8 Å². The Morgan fingerprint density at radius 2 is 1.77 bits per heavy atom. The fraction of sp³-hybridized carbons (Fsp3) is 0.240. The molecular formula is C25H25N5O5. The maximum absolute atomic E-state index is 13.2. The molecule has 1 aromatic heterocycles. The Kier molecular flexibility index (Phi) is 6.48. The highest BCUT2D eigenvalue weighted by molar-refractivity contribution is 6.46. The standard InChI is InChI=1S/C25H25N5O5/c1-16-20(15-26-29(16)18-7-5-4-6-8-18)23(31)21-22(17-9-11-19(12-10-17)30(34)35)28(14-13-27(2)3)25(33)24(21)32/h4-12,15,22,31H,13-14H2,1-3H3/t22-/m0/s1. The molecule has 1 atom stereocenters. The van der Waals surface area contributed by atoms with Gasteiger partial charge in [0.05, 0.1) is 39.7 Å². The van der Waals surface area contributed by atoms with Crippen LogP contribution in [0.3, 0.4) is 0 Å². The lowest BCUT2D eigenvalue weighted by molar-refractivity contribution is -0.384. The molecular weight excluding hydrogens is 450 g/mol. The van der Waals surface area contributed by atoms with Crippen molar-refractivity contribution in [3.8, 4) is 5.69 Å². The highest BCUT2D eigenvalue weighted by Gasteiger charge is 2.46. The molecule has 10 heteroatoms. The zero-order valence-electron chi connectivity index (χ0n) is 19.6. The Hall–Kier alpha value is -4.31. The lowest BCUT2D eigenvalue weighted by Gasteiger charge is -2.26. The lowest BCUT2D eigenvalue weighted by Crippen LogP contribution is -2.35. The molecule has 0 radical (unpaired) electrons. The zero-order valence-corrected chi connectivity index (χ0v) is 19.6. The summed E-state index contributed by atoms with van der Waals surface area (Å²) >= 11 is 0. The van der Waals surface area contributed by atoms with E-state index in [1.807, 2.05) is 49.3 Å². The Bertz CT molecular complexity index is 1310. The number of non-ortho nitro benzene ring substituents is 1. The van der Waals surface area contributed by atoms with Crippen molar-refractivity contribution < 1.29 is 19.6 Å². The van der Waals surface area contributed by atoms with Crippen molar-refractivity contribution in [3.63, 3.8) is 0 Å². The zero-order chi connectivity index (χ0) is 25.3. The first-order valence-electron chi connectivity index (χ1n) is 11.0. The number of aliphatic hydroxyl groups excluding tert-OH is 1. The molecule has 1 aliphatic rings. The molecule has 1 saturated heterocycles. The molecule has 10 nitrogen and oxygen atoms in total. The van der Waals surface area contributed by atoms with E-state index in [0.29, 0.717) is 23.4 Å². The second-order valence-electron chi connectivity index (χ2n) is 8.54. The van der Waals surface area contributed by atoms with Crippen LogP contribution in [0.15, 0.2) is 66.4 Å². The predicted octanol–water partition coefficient (Wildman–Crippen LogP) is 3.07. The first kappa shape index (κ1) is 23.8. The minimum Gasteiger partial charge on any atom is -0.507 e. The highest BCUT2D eigenvalue weighted by Crippen LogP contribution is 2.40. The van der Waals surface area contributed by atoms with Crippen molar-refractivity contribution >= 4 is 23.1 Å². The number of carbonyl (C=O) groups is 2. The predicted molar refractivity (Wildman–Crippen MR) is 129 cm³/mol. The topological polar surface area (TPSA) is 122 Å². The van der Waals surface area contributed by atoms with Gasteiger partial charge in [0.15, 0.2) is 0 Å². The summed E-state index contributed by atoms with van der Waals surface area (Å²) in [5, 5.41) is 26.8. The van der Waals surface area contributed by atoms with E-state index in [1.54, 1.807) is 11.6 Å². The summed E-state index contributed by atoms with van der Waals surface area (Å²) in [7, 11) is 3.69. The average molecular weight is 476 g/mol. The van der Waals surface area contributed by atoms with E-state index in [0.717, 1.165) is 5.69 Å². The third-order valence-corrected chi connectivity index (χ3v) is 6.01. The van der Waals surface area contributed by atoms with Gasteiger partial charge < -0.3 is 14.9 Å². The third-order valence-electron chi connectivity index (χ3n) is 6.01. The molecule has 1 N–H and O–H groups in total. The summed E-state index contributed by atoms with van der Waals surface area (Å²) in [4.78, 5) is 40.0. The molecule has 0 unspecified atom stereocenters. The molecule has 0 aliphatic carbocycles. The molecule has 180 valence electrons. The molecule has 0 bridgehead atoms. The highest BCUT2D eigenvalue weighted by atomic mass is 16.6. The van der Waals surface area contributed by atoms with Crippen LogP contribution < -0.4 is 0 Å². The van der Waals surface area contributed by atoms with Gasteiger partial charge >= 0.3 is 0 Å². The third kappa shape index (κ3) is 4.43. The van der Waals surface area contributed by atoms with Crippen LogP contribution in [-0.2, 0) is 9.59 Å². The van der Waals surface area contributed by atoms with E-state index < -0.39 is 22.7 Å². The number of nitrogens with zero attached hydrogens (tertiary/aromatic N) is 5. The first-order valence-corrected chi connectivity index (χ1v) is 11.0. The second kappa shape index (κ2) is 9.51. The number of para-hydroxylation sites is 1. The monoisotopic (exact) mass is 475 g/mol. The summed E-state index contributed by atoms with van der Waals surface area (Å²) in [6.45, 7) is 2.48. The largest absolute Gasteiger partial charge is 0.507 e. The summed E-state index contributed by atoms with van der Waals surface area (Å²) in [6.07, 6.45) is 1.46. The Labute approximate surface area is 201 Å². The molecule has 1 fully saturated rings. The van der Waals surface area contributed by atoms with Crippen LogP contribution in [0.25, 0.3) is 11.4 Å². The molecule has 1 amide bonds. The maximum Gasteiger partial charge on any atom is 0.295 e. The minimum atomic E-state index is -0.893. The molecule has 0 saturated carbocycles. The van der Waals surface area contributed by atoms with E-state index in [-0.39, 0.29) is 23.6 Å². The Balaban J connectivity index is 1.84. The van der Waals surface area contributed by atoms with E-state index in [4.69, 9.17) is 0 Å². The summed E-state index contributed by atoms with van der Waals surface area (Å²) in [5.74, 6) is -1.87. The number of nitro groups is 1. The van der Waals surface area contributed by atoms with Crippen molar-refractivity contribution in [2.24, 2.45) is 0 Å². The fourth-order valence-electron chi connectivity index (χ4n) is 4.16. The van der Waals surface area contributed by atoms with Crippen molar-refractivity contribution in [2.45, 2.75) is 13.0 Å². The quantitative estimate of drug-likeness (QED) is 0.183. The molecule has 4 rings (SSSR count). The minimum absolute atomic E-state index is 0.0710.